The minimum atomic E-state index is -3.64. The van der Waals surface area contributed by atoms with Gasteiger partial charge in [-0.1, -0.05) is 30.3 Å². The Morgan fingerprint density at radius 2 is 1.76 bits per heavy atom. The van der Waals surface area contributed by atoms with Crippen LogP contribution in [0.25, 0.3) is 21.9 Å². The first-order valence-corrected chi connectivity index (χ1v) is 13.8. The summed E-state index contributed by atoms with van der Waals surface area (Å²) in [5, 5.41) is 10.7. The lowest BCUT2D eigenvalue weighted by molar-refractivity contribution is 0.214. The Bertz CT molecular complexity index is 1510. The fourth-order valence-electron chi connectivity index (χ4n) is 4.64. The van der Waals surface area contributed by atoms with E-state index in [2.05, 4.69) is 20.7 Å². The lowest BCUT2D eigenvalue weighted by atomic mass is 10.0. The lowest BCUT2D eigenvalue weighted by Crippen LogP contribution is -2.44. The quantitative estimate of drug-likeness (QED) is 0.319. The van der Waals surface area contributed by atoms with Gasteiger partial charge in [0.2, 0.25) is 10.0 Å². The average molecular weight is 513 g/mol. The van der Waals surface area contributed by atoms with E-state index < -0.39 is 10.0 Å². The van der Waals surface area contributed by atoms with E-state index in [4.69, 9.17) is 10.00 Å². The largest absolute Gasteiger partial charge is 0.494 e. The maximum atomic E-state index is 13.1. The number of ether oxygens (including phenoxy) is 1. The monoisotopic (exact) mass is 512 g/mol. The number of hydrogen-bond acceptors (Lipinski definition) is 6. The Hall–Kier alpha value is -3.77. The Kier molecular flexibility index (Phi) is 7.47. The Balaban J connectivity index is 1.12. The van der Waals surface area contributed by atoms with Gasteiger partial charge in [0.1, 0.15) is 5.75 Å². The molecule has 1 N–H and O–H groups in total. The number of nitrogens with zero attached hydrogens (tertiary/aromatic N) is 3. The first kappa shape index (κ1) is 24.9. The van der Waals surface area contributed by atoms with Gasteiger partial charge in [-0.05, 0) is 84.8 Å². The minimum Gasteiger partial charge on any atom is -0.494 e. The van der Waals surface area contributed by atoms with Gasteiger partial charge in [-0.3, -0.25) is 9.88 Å². The number of rotatable bonds is 9. The summed E-state index contributed by atoms with van der Waals surface area (Å²) in [6, 6.07) is 24.5. The van der Waals surface area contributed by atoms with Gasteiger partial charge < -0.3 is 4.74 Å². The van der Waals surface area contributed by atoms with Gasteiger partial charge >= 0.3 is 0 Å². The second-order valence-corrected chi connectivity index (χ2v) is 10.8. The summed E-state index contributed by atoms with van der Waals surface area (Å²) < 4.78 is 34.9. The van der Waals surface area contributed by atoms with Crippen molar-refractivity contribution in [2.75, 3.05) is 19.7 Å². The van der Waals surface area contributed by atoms with E-state index in [1.807, 2.05) is 60.7 Å². The molecule has 0 saturated carbocycles. The van der Waals surface area contributed by atoms with Crippen LogP contribution < -0.4 is 9.46 Å². The zero-order valence-electron chi connectivity index (χ0n) is 20.4. The molecule has 1 fully saturated rings. The van der Waals surface area contributed by atoms with Crippen LogP contribution in [0.4, 0.5) is 0 Å². The highest BCUT2D eigenvalue weighted by Gasteiger charge is 2.29. The molecule has 7 nitrogen and oxygen atoms in total. The van der Waals surface area contributed by atoms with Crippen LogP contribution in [-0.2, 0) is 10.0 Å². The molecule has 2 heterocycles. The van der Waals surface area contributed by atoms with Gasteiger partial charge in [-0.2, -0.15) is 9.98 Å². The van der Waals surface area contributed by atoms with Crippen LogP contribution in [0, 0.1) is 11.3 Å². The molecular weight excluding hydrogens is 484 g/mol. The van der Waals surface area contributed by atoms with Crippen LogP contribution in [0.15, 0.2) is 90.1 Å². The van der Waals surface area contributed by atoms with Gasteiger partial charge in [0.15, 0.2) is 0 Å². The second kappa shape index (κ2) is 11.1. The summed E-state index contributed by atoms with van der Waals surface area (Å²) >= 11 is 0. The van der Waals surface area contributed by atoms with Gasteiger partial charge in [0.25, 0.3) is 0 Å². The minimum absolute atomic E-state index is 0.221. The molecule has 3 aromatic carbocycles. The number of nitrogens with one attached hydrogen (secondary N) is 1. The molecule has 0 amide bonds. The van der Waals surface area contributed by atoms with Crippen molar-refractivity contribution in [2.45, 2.75) is 30.3 Å². The average Bonchev–Trinajstić information content (AvgIpc) is 3.37. The molecule has 1 aliphatic rings. The first-order chi connectivity index (χ1) is 18.0. The Morgan fingerprint density at radius 3 is 2.51 bits per heavy atom. The lowest BCUT2D eigenvalue weighted by Gasteiger charge is -2.25. The molecule has 0 bridgehead atoms. The van der Waals surface area contributed by atoms with E-state index in [0.29, 0.717) is 12.2 Å². The van der Waals surface area contributed by atoms with Crippen molar-refractivity contribution in [1.29, 1.82) is 5.26 Å². The molecular formula is C29H28N4O3S. The smallest absolute Gasteiger partial charge is 0.241 e. The maximum absolute atomic E-state index is 13.1. The summed E-state index contributed by atoms with van der Waals surface area (Å²) in [5.41, 5.74) is 2.75. The van der Waals surface area contributed by atoms with Crippen molar-refractivity contribution < 1.29 is 13.2 Å². The van der Waals surface area contributed by atoms with Gasteiger partial charge in [-0.15, -0.1) is 0 Å². The number of benzene rings is 3. The summed E-state index contributed by atoms with van der Waals surface area (Å²) in [7, 11) is -3.64. The zero-order chi connectivity index (χ0) is 25.7. The Morgan fingerprint density at radius 1 is 1.00 bits per heavy atom. The number of sulfonamides is 1. The standard InChI is InChI=1S/C29H28N4O3S/c30-20-22-4-6-23(7-5-22)24-8-11-27(12-9-24)36-18-2-17-33-16-1-3-29(33)32-37(34,35)28-13-10-25-14-15-31-21-26(25)19-28/h4-15,19,21,29,32H,1-3,16-18H2. The van der Waals surface area contributed by atoms with Crippen molar-refractivity contribution in [3.8, 4) is 22.9 Å². The topological polar surface area (TPSA) is 95.3 Å². The molecule has 0 aliphatic carbocycles. The molecule has 37 heavy (non-hydrogen) atoms. The maximum Gasteiger partial charge on any atom is 0.241 e. The number of aromatic nitrogens is 1. The molecule has 8 heteroatoms. The van der Waals surface area contributed by atoms with Crippen LogP contribution in [0.1, 0.15) is 24.8 Å². The summed E-state index contributed by atoms with van der Waals surface area (Å²) in [4.78, 5) is 6.53. The van der Waals surface area contributed by atoms with Crippen LogP contribution >= 0.6 is 0 Å². The molecule has 1 unspecified atom stereocenters. The summed E-state index contributed by atoms with van der Waals surface area (Å²) in [5.74, 6) is 0.793. The predicted octanol–water partition coefficient (Wildman–Crippen LogP) is 4.94. The third-order valence-electron chi connectivity index (χ3n) is 6.64. The van der Waals surface area contributed by atoms with E-state index in [-0.39, 0.29) is 11.1 Å². The molecule has 5 rings (SSSR count). The third kappa shape index (κ3) is 5.97. The van der Waals surface area contributed by atoms with Crippen LogP contribution in [0.5, 0.6) is 5.75 Å². The van der Waals surface area contributed by atoms with E-state index in [1.165, 1.54) is 0 Å². The SMILES string of the molecule is N#Cc1ccc(-c2ccc(OCCCN3CCCC3NS(=O)(=O)c3ccc4ccncc4c3)cc2)cc1. The van der Waals surface area contributed by atoms with Crippen LogP contribution in [0.2, 0.25) is 0 Å². The van der Waals surface area contributed by atoms with Crippen molar-refractivity contribution in [3.63, 3.8) is 0 Å². The van der Waals surface area contributed by atoms with Crippen LogP contribution in [0.3, 0.4) is 0 Å². The number of nitriles is 1. The third-order valence-corrected chi connectivity index (χ3v) is 8.09. The highest BCUT2D eigenvalue weighted by molar-refractivity contribution is 7.89. The number of fused-ring (bicyclic) bond motifs is 1. The molecule has 188 valence electrons. The zero-order valence-corrected chi connectivity index (χ0v) is 21.2. The first-order valence-electron chi connectivity index (χ1n) is 12.4. The summed E-state index contributed by atoms with van der Waals surface area (Å²) in [6.07, 6.45) is 5.68. The highest BCUT2D eigenvalue weighted by Crippen LogP contribution is 2.24. The fourth-order valence-corrected chi connectivity index (χ4v) is 5.93. The van der Waals surface area contributed by atoms with Crippen LogP contribution in [-0.4, -0.2) is 44.2 Å². The normalized spacial score (nSPS) is 16.0. The van der Waals surface area contributed by atoms with Crippen molar-refractivity contribution in [1.82, 2.24) is 14.6 Å². The molecule has 1 aliphatic heterocycles. The Labute approximate surface area is 217 Å². The van der Waals surface area contributed by atoms with Crippen molar-refractivity contribution in [3.05, 3.63) is 90.8 Å². The molecule has 1 aromatic heterocycles. The van der Waals surface area contributed by atoms with E-state index in [1.54, 1.807) is 24.5 Å². The molecule has 0 radical (unpaired) electrons. The van der Waals surface area contributed by atoms with E-state index >= 15 is 0 Å². The molecule has 1 atom stereocenters. The van der Waals surface area contributed by atoms with Crippen molar-refractivity contribution >= 4 is 20.8 Å². The second-order valence-electron chi connectivity index (χ2n) is 9.12. The molecule has 4 aromatic rings. The van der Waals surface area contributed by atoms with E-state index in [0.717, 1.165) is 60.0 Å². The fraction of sp³-hybridized carbons (Fsp3) is 0.241. The number of hydrogen-bond donors (Lipinski definition) is 1. The highest BCUT2D eigenvalue weighted by atomic mass is 32.2. The predicted molar refractivity (Wildman–Crippen MR) is 143 cm³/mol. The number of pyridine rings is 1. The molecule has 0 spiro atoms. The van der Waals surface area contributed by atoms with Gasteiger partial charge in [0.05, 0.1) is 29.3 Å². The number of likely N-dealkylation sites (tertiary alicyclic amines) is 1. The molecule has 1 saturated heterocycles. The van der Waals surface area contributed by atoms with Gasteiger partial charge in [-0.25, -0.2) is 8.42 Å². The van der Waals surface area contributed by atoms with Gasteiger partial charge in [0, 0.05) is 24.3 Å². The van der Waals surface area contributed by atoms with Crippen molar-refractivity contribution in [2.24, 2.45) is 0 Å². The summed E-state index contributed by atoms with van der Waals surface area (Å²) in [6.45, 7) is 2.15. The van der Waals surface area contributed by atoms with E-state index in [9.17, 15) is 8.42 Å².